The maximum Gasteiger partial charge on any atom is 0.411 e. The van der Waals surface area contributed by atoms with E-state index in [9.17, 15) is 14.4 Å². The van der Waals surface area contributed by atoms with Crippen LogP contribution in [0.3, 0.4) is 0 Å². The van der Waals surface area contributed by atoms with Crippen molar-refractivity contribution < 1.29 is 24.2 Å². The lowest BCUT2D eigenvalue weighted by Gasteiger charge is -2.29. The summed E-state index contributed by atoms with van der Waals surface area (Å²) in [7, 11) is 0. The fraction of sp³-hybridized carbons (Fsp3) is 0.750. The molecule has 0 aliphatic rings. The van der Waals surface area contributed by atoms with Crippen LogP contribution >= 0.6 is 0 Å². The van der Waals surface area contributed by atoms with Crippen LogP contribution in [-0.2, 0) is 14.3 Å². The van der Waals surface area contributed by atoms with Gasteiger partial charge in [0.25, 0.3) is 0 Å². The predicted molar refractivity (Wildman–Crippen MR) is 68.7 cm³/mol. The standard InChI is InChI=1S/C12H22N2O5/c1-8(10(16)17)14(7-6-13-9(2)15)11(18)19-12(3,4)5/h8H,6-7H2,1-5H3,(H,13,15)(H,16,17). The van der Waals surface area contributed by atoms with Gasteiger partial charge in [0.1, 0.15) is 11.6 Å². The van der Waals surface area contributed by atoms with Crippen LogP contribution in [0.2, 0.25) is 0 Å². The van der Waals surface area contributed by atoms with Crippen molar-refractivity contribution in [1.82, 2.24) is 10.2 Å². The van der Waals surface area contributed by atoms with E-state index in [1.165, 1.54) is 13.8 Å². The smallest absolute Gasteiger partial charge is 0.411 e. The molecule has 0 rings (SSSR count). The van der Waals surface area contributed by atoms with Gasteiger partial charge in [-0.15, -0.1) is 0 Å². The minimum Gasteiger partial charge on any atom is -0.480 e. The summed E-state index contributed by atoms with van der Waals surface area (Å²) in [5, 5.41) is 11.5. The third-order valence-electron chi connectivity index (χ3n) is 2.18. The van der Waals surface area contributed by atoms with E-state index in [1.54, 1.807) is 20.8 Å². The largest absolute Gasteiger partial charge is 0.480 e. The van der Waals surface area contributed by atoms with Crippen LogP contribution in [0.25, 0.3) is 0 Å². The first-order valence-electron chi connectivity index (χ1n) is 6.01. The third-order valence-corrected chi connectivity index (χ3v) is 2.18. The van der Waals surface area contributed by atoms with E-state index in [2.05, 4.69) is 5.32 Å². The number of aliphatic carboxylic acids is 1. The summed E-state index contributed by atoms with van der Waals surface area (Å²) in [6.45, 7) is 8.07. The van der Waals surface area contributed by atoms with Gasteiger partial charge in [-0.2, -0.15) is 0 Å². The number of carboxylic acids is 1. The monoisotopic (exact) mass is 274 g/mol. The molecule has 0 fully saturated rings. The number of carbonyl (C=O) groups excluding carboxylic acids is 2. The minimum absolute atomic E-state index is 0.0714. The van der Waals surface area contributed by atoms with Crippen molar-refractivity contribution >= 4 is 18.0 Å². The Morgan fingerprint density at radius 3 is 2.21 bits per heavy atom. The first kappa shape index (κ1) is 17.2. The first-order chi connectivity index (χ1) is 8.54. The molecule has 2 amide bonds. The lowest BCUT2D eigenvalue weighted by Crippen LogP contribution is -2.48. The average molecular weight is 274 g/mol. The first-order valence-corrected chi connectivity index (χ1v) is 6.01. The summed E-state index contributed by atoms with van der Waals surface area (Å²) in [5.74, 6) is -1.37. The van der Waals surface area contributed by atoms with Gasteiger partial charge in [0.05, 0.1) is 0 Å². The molecule has 0 aromatic heterocycles. The van der Waals surface area contributed by atoms with Crippen LogP contribution in [0.4, 0.5) is 4.79 Å². The number of hydrogen-bond acceptors (Lipinski definition) is 4. The molecule has 0 saturated carbocycles. The van der Waals surface area contributed by atoms with E-state index in [0.29, 0.717) is 0 Å². The summed E-state index contributed by atoms with van der Waals surface area (Å²) >= 11 is 0. The van der Waals surface area contributed by atoms with Gasteiger partial charge in [-0.25, -0.2) is 9.59 Å². The van der Waals surface area contributed by atoms with Gasteiger partial charge in [0.15, 0.2) is 0 Å². The number of carboxylic acid groups (broad SMARTS) is 1. The van der Waals surface area contributed by atoms with Gasteiger partial charge >= 0.3 is 12.1 Å². The zero-order valence-corrected chi connectivity index (χ0v) is 12.0. The molecule has 7 nitrogen and oxygen atoms in total. The van der Waals surface area contributed by atoms with Gasteiger partial charge in [0.2, 0.25) is 5.91 Å². The highest BCUT2D eigenvalue weighted by Gasteiger charge is 2.29. The maximum absolute atomic E-state index is 11.9. The van der Waals surface area contributed by atoms with Crippen molar-refractivity contribution in [3.05, 3.63) is 0 Å². The number of nitrogens with one attached hydrogen (secondary N) is 1. The molecule has 0 aromatic carbocycles. The van der Waals surface area contributed by atoms with Crippen molar-refractivity contribution in [2.24, 2.45) is 0 Å². The van der Waals surface area contributed by atoms with Gasteiger partial charge in [-0.3, -0.25) is 9.69 Å². The molecule has 19 heavy (non-hydrogen) atoms. The number of nitrogens with zero attached hydrogens (tertiary/aromatic N) is 1. The molecule has 0 heterocycles. The minimum atomic E-state index is -1.13. The van der Waals surface area contributed by atoms with Gasteiger partial charge in [-0.1, -0.05) is 0 Å². The summed E-state index contributed by atoms with van der Waals surface area (Å²) in [6.07, 6.45) is -0.715. The fourth-order valence-corrected chi connectivity index (χ4v) is 1.25. The SMILES string of the molecule is CC(=O)NCCN(C(=O)OC(C)(C)C)C(C)C(=O)O. The van der Waals surface area contributed by atoms with E-state index in [4.69, 9.17) is 9.84 Å². The molecule has 0 aromatic rings. The zero-order valence-electron chi connectivity index (χ0n) is 12.0. The van der Waals surface area contributed by atoms with Crippen LogP contribution in [-0.4, -0.2) is 52.7 Å². The molecule has 0 radical (unpaired) electrons. The van der Waals surface area contributed by atoms with Crippen LogP contribution in [0, 0.1) is 0 Å². The molecule has 1 atom stereocenters. The summed E-state index contributed by atoms with van der Waals surface area (Å²) < 4.78 is 5.14. The Morgan fingerprint density at radius 1 is 1.32 bits per heavy atom. The fourth-order valence-electron chi connectivity index (χ4n) is 1.25. The van der Waals surface area contributed by atoms with Crippen molar-refractivity contribution in [3.63, 3.8) is 0 Å². The summed E-state index contributed by atoms with van der Waals surface area (Å²) in [4.78, 5) is 34.7. The zero-order chi connectivity index (χ0) is 15.2. The second-order valence-corrected chi connectivity index (χ2v) is 5.17. The van der Waals surface area contributed by atoms with E-state index in [-0.39, 0.29) is 19.0 Å². The highest BCUT2D eigenvalue weighted by molar-refractivity contribution is 5.80. The van der Waals surface area contributed by atoms with Gasteiger partial charge < -0.3 is 15.2 Å². The van der Waals surface area contributed by atoms with Crippen LogP contribution in [0.15, 0.2) is 0 Å². The number of amides is 2. The molecule has 0 aliphatic carbocycles. The normalized spacial score (nSPS) is 12.5. The van der Waals surface area contributed by atoms with Crippen LogP contribution < -0.4 is 5.32 Å². The maximum atomic E-state index is 11.9. The Kier molecular flexibility index (Phi) is 6.31. The summed E-state index contributed by atoms with van der Waals surface area (Å²) in [6, 6.07) is -1.02. The van der Waals surface area contributed by atoms with Crippen molar-refractivity contribution in [2.75, 3.05) is 13.1 Å². The molecule has 7 heteroatoms. The lowest BCUT2D eigenvalue weighted by atomic mass is 10.2. The number of rotatable bonds is 5. The van der Waals surface area contributed by atoms with Gasteiger partial charge in [0, 0.05) is 20.0 Å². The molecule has 2 N–H and O–H groups in total. The second kappa shape index (κ2) is 6.96. The molecular weight excluding hydrogens is 252 g/mol. The van der Waals surface area contributed by atoms with E-state index in [1.807, 2.05) is 0 Å². The Labute approximate surface area is 112 Å². The molecule has 110 valence electrons. The summed E-state index contributed by atoms with van der Waals surface area (Å²) in [5.41, 5.74) is -0.707. The van der Waals surface area contributed by atoms with E-state index < -0.39 is 23.7 Å². The number of ether oxygens (including phenoxy) is 1. The van der Waals surface area contributed by atoms with Gasteiger partial charge in [-0.05, 0) is 27.7 Å². The predicted octanol–water partition coefficient (Wildman–Crippen LogP) is 0.833. The number of hydrogen-bond donors (Lipinski definition) is 2. The third kappa shape index (κ3) is 7.28. The highest BCUT2D eigenvalue weighted by Crippen LogP contribution is 2.11. The topological polar surface area (TPSA) is 95.9 Å². The Balaban J connectivity index is 4.71. The molecule has 0 aliphatic heterocycles. The molecule has 0 spiro atoms. The Bertz CT molecular complexity index is 349. The van der Waals surface area contributed by atoms with E-state index in [0.717, 1.165) is 4.90 Å². The lowest BCUT2D eigenvalue weighted by molar-refractivity contribution is -0.142. The Hall–Kier alpha value is -1.79. The Morgan fingerprint density at radius 2 is 1.84 bits per heavy atom. The van der Waals surface area contributed by atoms with Crippen molar-refractivity contribution in [1.29, 1.82) is 0 Å². The van der Waals surface area contributed by atoms with E-state index >= 15 is 0 Å². The average Bonchev–Trinajstić information content (AvgIpc) is 2.20. The molecular formula is C12H22N2O5. The molecule has 0 saturated heterocycles. The molecule has 0 bridgehead atoms. The van der Waals surface area contributed by atoms with Crippen molar-refractivity contribution in [3.8, 4) is 0 Å². The highest BCUT2D eigenvalue weighted by atomic mass is 16.6. The second-order valence-electron chi connectivity index (χ2n) is 5.17. The quantitative estimate of drug-likeness (QED) is 0.774. The van der Waals surface area contributed by atoms with Crippen LogP contribution in [0.1, 0.15) is 34.6 Å². The molecule has 1 unspecified atom stereocenters. The van der Waals surface area contributed by atoms with Crippen molar-refractivity contribution in [2.45, 2.75) is 46.3 Å². The number of carbonyl (C=O) groups is 3. The van der Waals surface area contributed by atoms with Crippen LogP contribution in [0.5, 0.6) is 0 Å².